The van der Waals surface area contributed by atoms with Gasteiger partial charge in [0.2, 0.25) is 5.13 Å². The Labute approximate surface area is 162 Å². The van der Waals surface area contributed by atoms with Gasteiger partial charge in [-0.3, -0.25) is 0 Å². The fourth-order valence-corrected chi connectivity index (χ4v) is 3.14. The summed E-state index contributed by atoms with van der Waals surface area (Å²) >= 11 is 1.13. The van der Waals surface area contributed by atoms with Gasteiger partial charge in [0.1, 0.15) is 17.4 Å². The van der Waals surface area contributed by atoms with Crippen LogP contribution >= 0.6 is 11.5 Å². The van der Waals surface area contributed by atoms with E-state index in [9.17, 15) is 8.78 Å². The van der Waals surface area contributed by atoms with Crippen LogP contribution in [0.5, 0.6) is 0 Å². The Balaban J connectivity index is 1.68. The van der Waals surface area contributed by atoms with Crippen molar-refractivity contribution in [3.05, 3.63) is 47.2 Å². The minimum absolute atomic E-state index is 0.233. The number of hydrogen-bond donors (Lipinski definition) is 1. The van der Waals surface area contributed by atoms with E-state index >= 15 is 0 Å². The average molecular weight is 393 g/mol. The minimum atomic E-state index is -1.03. The van der Waals surface area contributed by atoms with E-state index in [1.165, 1.54) is 12.1 Å². The predicted molar refractivity (Wildman–Crippen MR) is 103 cm³/mol. The van der Waals surface area contributed by atoms with Gasteiger partial charge in [0.05, 0.1) is 11.2 Å². The molecule has 3 rings (SSSR count). The molecule has 0 bridgehead atoms. The summed E-state index contributed by atoms with van der Waals surface area (Å²) in [5, 5.41) is 3.50. The van der Waals surface area contributed by atoms with Crippen LogP contribution in [-0.4, -0.2) is 27.7 Å². The number of anilines is 2. The number of allylic oxidation sites excluding steroid dienone is 1. The zero-order chi connectivity index (χ0) is 19.8. The second-order valence-electron chi connectivity index (χ2n) is 7.54. The molecule has 0 saturated carbocycles. The lowest BCUT2D eigenvalue weighted by Gasteiger charge is -2.32. The van der Waals surface area contributed by atoms with Crippen LogP contribution in [0.15, 0.2) is 35.6 Å². The van der Waals surface area contributed by atoms with Gasteiger partial charge >= 0.3 is 7.12 Å². The highest BCUT2D eigenvalue weighted by Crippen LogP contribution is 2.39. The van der Waals surface area contributed by atoms with Gasteiger partial charge in [-0.05, 0) is 58.4 Å². The maximum absolute atomic E-state index is 14.8. The molecule has 0 spiro atoms. The monoisotopic (exact) mass is 393 g/mol. The topological polar surface area (TPSA) is 56.3 Å². The first-order chi connectivity index (χ1) is 12.6. The number of aromatic nitrogens is 2. The van der Waals surface area contributed by atoms with E-state index in [-0.39, 0.29) is 12.2 Å². The Kier molecular flexibility index (Phi) is 5.38. The van der Waals surface area contributed by atoms with E-state index in [1.54, 1.807) is 19.1 Å². The molecule has 1 aromatic carbocycles. The van der Waals surface area contributed by atoms with Gasteiger partial charge in [-0.15, -0.1) is 0 Å². The molecule has 2 heterocycles. The van der Waals surface area contributed by atoms with Crippen molar-refractivity contribution < 1.29 is 18.1 Å². The van der Waals surface area contributed by atoms with Crippen molar-refractivity contribution in [3.8, 4) is 0 Å². The average Bonchev–Trinajstić information content (AvgIpc) is 3.08. The maximum atomic E-state index is 14.8. The van der Waals surface area contributed by atoms with E-state index in [2.05, 4.69) is 14.7 Å². The molecule has 1 aliphatic heterocycles. The van der Waals surface area contributed by atoms with Crippen molar-refractivity contribution in [1.29, 1.82) is 0 Å². The molecular formula is C18H22BF2N3O2S. The van der Waals surface area contributed by atoms with Gasteiger partial charge in [0, 0.05) is 23.6 Å². The van der Waals surface area contributed by atoms with Gasteiger partial charge in [0.15, 0.2) is 0 Å². The molecule has 144 valence electrons. The minimum Gasteiger partial charge on any atom is -0.398 e. The highest BCUT2D eigenvalue weighted by Gasteiger charge is 2.53. The molecule has 0 aliphatic carbocycles. The maximum Gasteiger partial charge on any atom is 0.525 e. The molecule has 0 amide bonds. The van der Waals surface area contributed by atoms with Crippen LogP contribution in [0.4, 0.5) is 19.6 Å². The summed E-state index contributed by atoms with van der Waals surface area (Å²) in [5.74, 6) is 0.135. The second-order valence-corrected chi connectivity index (χ2v) is 8.30. The summed E-state index contributed by atoms with van der Waals surface area (Å²) in [7, 11) is -1.03. The highest BCUT2D eigenvalue weighted by molar-refractivity contribution is 7.09. The SMILES string of the molecule is CC(Cc1nsc(Nc2cccc(F)c2)n1)=C(F)B1OC(C)(C)C(C)(C)O1. The number of nitrogens with one attached hydrogen (secondary N) is 1. The van der Waals surface area contributed by atoms with E-state index in [4.69, 9.17) is 9.31 Å². The Morgan fingerprint density at radius 1 is 1.22 bits per heavy atom. The number of halogens is 2. The molecule has 27 heavy (non-hydrogen) atoms. The smallest absolute Gasteiger partial charge is 0.398 e. The normalized spacial score (nSPS) is 19.1. The number of nitrogens with zero attached hydrogens (tertiary/aromatic N) is 2. The first-order valence-electron chi connectivity index (χ1n) is 8.63. The standard InChI is InChI=1S/C18H22BF2N3O2S/c1-11(15(21)19-25-17(2,3)18(4,5)26-19)9-14-23-16(27-24-14)22-13-8-6-7-12(20)10-13/h6-8,10H,9H2,1-5H3,(H,22,23,24). The third kappa shape index (κ3) is 4.36. The number of hydrogen-bond acceptors (Lipinski definition) is 6. The van der Waals surface area contributed by atoms with E-state index < -0.39 is 24.0 Å². The first kappa shape index (κ1) is 19.9. The zero-order valence-electron chi connectivity index (χ0n) is 16.0. The van der Waals surface area contributed by atoms with E-state index in [1.807, 2.05) is 27.7 Å². The van der Waals surface area contributed by atoms with Crippen LogP contribution in [0, 0.1) is 5.82 Å². The molecule has 5 nitrogen and oxygen atoms in total. The Hall–Kier alpha value is -1.84. The van der Waals surface area contributed by atoms with Crippen LogP contribution in [0.3, 0.4) is 0 Å². The molecule has 9 heteroatoms. The third-order valence-electron chi connectivity index (χ3n) is 4.84. The largest absolute Gasteiger partial charge is 0.525 e. The summed E-state index contributed by atoms with van der Waals surface area (Å²) in [6.07, 6.45) is 0.233. The lowest BCUT2D eigenvalue weighted by atomic mass is 9.84. The molecule has 1 aliphatic rings. The summed E-state index contributed by atoms with van der Waals surface area (Å²) in [6, 6.07) is 6.06. The molecule has 0 radical (unpaired) electrons. The van der Waals surface area contributed by atoms with Crippen molar-refractivity contribution in [3.63, 3.8) is 0 Å². The predicted octanol–water partition coefficient (Wildman–Crippen LogP) is 4.84. The lowest BCUT2D eigenvalue weighted by molar-refractivity contribution is 0.00578. The second kappa shape index (κ2) is 7.29. The molecule has 1 fully saturated rings. The first-order valence-corrected chi connectivity index (χ1v) is 9.41. The summed E-state index contributed by atoms with van der Waals surface area (Å²) in [4.78, 5) is 4.33. The molecule has 0 atom stereocenters. The van der Waals surface area contributed by atoms with E-state index in [0.717, 1.165) is 11.5 Å². The number of rotatable bonds is 5. The zero-order valence-corrected chi connectivity index (χ0v) is 16.8. The van der Waals surface area contributed by atoms with Crippen LogP contribution in [0.2, 0.25) is 0 Å². The van der Waals surface area contributed by atoms with Gasteiger partial charge < -0.3 is 14.6 Å². The molecule has 1 saturated heterocycles. The van der Waals surface area contributed by atoms with Crippen LogP contribution < -0.4 is 5.32 Å². The van der Waals surface area contributed by atoms with Gasteiger partial charge in [-0.1, -0.05) is 6.07 Å². The van der Waals surface area contributed by atoms with Crippen molar-refractivity contribution in [2.24, 2.45) is 0 Å². The van der Waals surface area contributed by atoms with Gasteiger partial charge in [-0.2, -0.15) is 4.37 Å². The van der Waals surface area contributed by atoms with Crippen molar-refractivity contribution in [2.45, 2.75) is 52.2 Å². The Morgan fingerprint density at radius 3 is 2.52 bits per heavy atom. The van der Waals surface area contributed by atoms with Crippen molar-refractivity contribution in [2.75, 3.05) is 5.32 Å². The summed E-state index contributed by atoms with van der Waals surface area (Å²) in [5.41, 5.74) is -0.632. The Morgan fingerprint density at radius 2 is 1.89 bits per heavy atom. The summed E-state index contributed by atoms with van der Waals surface area (Å²) < 4.78 is 43.8. The van der Waals surface area contributed by atoms with Crippen LogP contribution in [-0.2, 0) is 15.7 Å². The fourth-order valence-electron chi connectivity index (χ4n) is 2.54. The fraction of sp³-hybridized carbons (Fsp3) is 0.444. The van der Waals surface area contributed by atoms with Gasteiger partial charge in [-0.25, -0.2) is 13.8 Å². The van der Waals surface area contributed by atoms with Crippen molar-refractivity contribution in [1.82, 2.24) is 9.36 Å². The molecule has 1 N–H and O–H groups in total. The quantitative estimate of drug-likeness (QED) is 0.737. The number of benzene rings is 1. The van der Waals surface area contributed by atoms with Crippen LogP contribution in [0.25, 0.3) is 0 Å². The molecule has 0 unspecified atom stereocenters. The third-order valence-corrected chi connectivity index (χ3v) is 5.50. The Bertz CT molecular complexity index is 854. The molecular weight excluding hydrogens is 371 g/mol. The van der Waals surface area contributed by atoms with Gasteiger partial charge in [0.25, 0.3) is 0 Å². The van der Waals surface area contributed by atoms with Crippen LogP contribution in [0.1, 0.15) is 40.4 Å². The summed E-state index contributed by atoms with van der Waals surface area (Å²) in [6.45, 7) is 9.18. The van der Waals surface area contributed by atoms with Crippen molar-refractivity contribution >= 4 is 29.5 Å². The molecule has 2 aromatic rings. The van der Waals surface area contributed by atoms with E-state index in [0.29, 0.717) is 22.2 Å². The highest BCUT2D eigenvalue weighted by atomic mass is 32.1. The lowest BCUT2D eigenvalue weighted by Crippen LogP contribution is -2.41. The molecule has 1 aromatic heterocycles.